The number of hydrogen-bond donors (Lipinski definition) is 7. The Labute approximate surface area is 338 Å². The number of aromatic hydroxyl groups is 1. The van der Waals surface area contributed by atoms with E-state index in [2.05, 4.69) is 10.6 Å². The molecule has 4 aliphatic rings. The fourth-order valence-electron chi connectivity index (χ4n) is 7.58. The summed E-state index contributed by atoms with van der Waals surface area (Å²) in [6.45, 7) is 5.44. The maximum atomic E-state index is 14.9. The van der Waals surface area contributed by atoms with Gasteiger partial charge in [0, 0.05) is 33.4 Å². The molecule has 20 nitrogen and oxygen atoms in total. The second kappa shape index (κ2) is 17.7. The van der Waals surface area contributed by atoms with E-state index in [0.717, 1.165) is 11.8 Å². The summed E-state index contributed by atoms with van der Waals surface area (Å²) in [5, 5.41) is 50.1. The number of rotatable bonds is 6. The molecule has 320 valence electrons. The van der Waals surface area contributed by atoms with E-state index in [-0.39, 0.29) is 23.6 Å². The van der Waals surface area contributed by atoms with E-state index in [9.17, 15) is 44.4 Å². The van der Waals surface area contributed by atoms with Gasteiger partial charge in [-0.25, -0.2) is 14.4 Å². The van der Waals surface area contributed by atoms with Gasteiger partial charge >= 0.3 is 24.2 Å². The minimum atomic E-state index is -2.07. The van der Waals surface area contributed by atoms with Crippen molar-refractivity contribution in [1.82, 2.24) is 10.6 Å². The second-order valence-corrected chi connectivity index (χ2v) is 15.2. The molecule has 12 atom stereocenters. The number of aliphatic hydroxyl groups is 3. The van der Waals surface area contributed by atoms with Gasteiger partial charge in [-0.2, -0.15) is 0 Å². The van der Waals surface area contributed by atoms with Crippen LogP contribution < -0.4 is 21.3 Å². The first kappa shape index (κ1) is 44.4. The van der Waals surface area contributed by atoms with Crippen LogP contribution in [0.4, 0.5) is 20.1 Å². The number of carbonyl (C=O) groups is 5. The zero-order valence-corrected chi connectivity index (χ0v) is 33.3. The fourth-order valence-corrected chi connectivity index (χ4v) is 7.78. The Bertz CT molecular complexity index is 1830. The summed E-state index contributed by atoms with van der Waals surface area (Å²) < 4.78 is 39.2. The van der Waals surface area contributed by atoms with Gasteiger partial charge in [0.25, 0.3) is 0 Å². The number of phenolic OH excluding ortho intramolecular Hbond substituents is 1. The Morgan fingerprint density at radius 2 is 1.88 bits per heavy atom. The van der Waals surface area contributed by atoms with Crippen molar-refractivity contribution in [3.63, 3.8) is 0 Å². The van der Waals surface area contributed by atoms with Crippen molar-refractivity contribution in [3.05, 3.63) is 46.5 Å². The van der Waals surface area contributed by atoms with E-state index in [1.165, 1.54) is 32.4 Å². The van der Waals surface area contributed by atoms with Crippen LogP contribution in [0.5, 0.6) is 5.75 Å². The van der Waals surface area contributed by atoms with Crippen LogP contribution >= 0.6 is 11.6 Å². The van der Waals surface area contributed by atoms with Crippen LogP contribution in [-0.4, -0.2) is 138 Å². The van der Waals surface area contributed by atoms with Gasteiger partial charge in [0.1, 0.15) is 59.6 Å². The predicted octanol–water partition coefficient (Wildman–Crippen LogP) is 1.02. The first-order valence-electron chi connectivity index (χ1n) is 18.3. The van der Waals surface area contributed by atoms with Crippen molar-refractivity contribution in [1.29, 1.82) is 0 Å². The number of epoxide rings is 1. The molecule has 0 aromatic heterocycles. The molecule has 8 N–H and O–H groups in total. The number of anilines is 1. The molecule has 0 radical (unpaired) electrons. The molecule has 21 heteroatoms. The third-order valence-corrected chi connectivity index (χ3v) is 11.0. The number of aliphatic hydroxyl groups excluding tert-OH is 2. The molecule has 4 amide bonds. The SMILES string of the molecule is CNC(=O)O[C@H]1CC(=O)N([C@@H]2O[C@H](COC(C)=O)[C@@H](OC(N)=O)[C@H](O)[C@H]2O)c2cc(cc(O)c2Cl)C/C(C)=C/C=C/[C@@H](OC)[C@@]2(O)C[C@H](OC(=O)N2)[C@@H](C)[C@@H]2O[C@@]12C. The zero-order valence-electron chi connectivity index (χ0n) is 32.6. The van der Waals surface area contributed by atoms with E-state index in [1.54, 1.807) is 32.9 Å². The number of nitrogens with one attached hydrogen (secondary N) is 2. The quantitative estimate of drug-likeness (QED) is 0.120. The Kier molecular flexibility index (Phi) is 13.5. The molecule has 3 saturated heterocycles. The van der Waals surface area contributed by atoms with E-state index < -0.39 is 121 Å². The van der Waals surface area contributed by atoms with Crippen molar-refractivity contribution < 1.29 is 77.6 Å². The largest absolute Gasteiger partial charge is 0.506 e. The van der Waals surface area contributed by atoms with Crippen molar-refractivity contribution >= 4 is 47.4 Å². The topological polar surface area (TPSA) is 287 Å². The zero-order chi connectivity index (χ0) is 42.9. The average Bonchev–Trinajstić information content (AvgIpc) is 3.84. The average molecular weight is 841 g/mol. The highest BCUT2D eigenvalue weighted by atomic mass is 35.5. The second-order valence-electron chi connectivity index (χ2n) is 14.8. The highest BCUT2D eigenvalue weighted by molar-refractivity contribution is 6.35. The smallest absolute Gasteiger partial charge is 0.409 e. The van der Waals surface area contributed by atoms with Crippen molar-refractivity contribution in [2.45, 2.75) is 113 Å². The number of benzene rings is 1. The first-order valence-corrected chi connectivity index (χ1v) is 18.7. The number of carbonyl (C=O) groups excluding carboxylic acids is 5. The molecule has 4 heterocycles. The molecule has 4 bridgehead atoms. The molecule has 58 heavy (non-hydrogen) atoms. The van der Waals surface area contributed by atoms with Crippen LogP contribution in [0, 0.1) is 5.92 Å². The van der Waals surface area contributed by atoms with Gasteiger partial charge in [0.15, 0.2) is 18.1 Å². The van der Waals surface area contributed by atoms with E-state index >= 15 is 0 Å². The summed E-state index contributed by atoms with van der Waals surface area (Å²) in [6, 6.07) is 2.77. The Morgan fingerprint density at radius 1 is 1.17 bits per heavy atom. The lowest BCUT2D eigenvalue weighted by molar-refractivity contribution is -0.230. The lowest BCUT2D eigenvalue weighted by atomic mass is 9.83. The van der Waals surface area contributed by atoms with Crippen LogP contribution in [0.25, 0.3) is 0 Å². The number of hydrogen-bond acceptors (Lipinski definition) is 16. The molecule has 0 aliphatic carbocycles. The van der Waals surface area contributed by atoms with Gasteiger partial charge in [0.05, 0.1) is 18.2 Å². The highest BCUT2D eigenvalue weighted by Gasteiger charge is 2.65. The summed E-state index contributed by atoms with van der Waals surface area (Å²) in [5.41, 5.74) is 2.71. The number of nitrogens with two attached hydrogens (primary N) is 1. The van der Waals surface area contributed by atoms with Crippen LogP contribution in [0.15, 0.2) is 35.9 Å². The van der Waals surface area contributed by atoms with E-state index in [1.807, 2.05) is 0 Å². The predicted molar refractivity (Wildman–Crippen MR) is 199 cm³/mol. The number of alkyl carbamates (subject to hydrolysis) is 2. The number of nitrogens with zero attached hydrogens (tertiary/aromatic N) is 1. The number of phenols is 1. The minimum absolute atomic E-state index is 0.131. The van der Waals surface area contributed by atoms with Gasteiger partial charge in [-0.15, -0.1) is 0 Å². The molecule has 1 aromatic carbocycles. The lowest BCUT2D eigenvalue weighted by Gasteiger charge is -2.46. The Morgan fingerprint density at radius 3 is 2.52 bits per heavy atom. The number of esters is 1. The summed E-state index contributed by atoms with van der Waals surface area (Å²) >= 11 is 6.70. The van der Waals surface area contributed by atoms with Gasteiger partial charge in [-0.05, 0) is 38.0 Å². The third kappa shape index (κ3) is 9.43. The number of ether oxygens (including phenoxy) is 7. The Hall–Kier alpha value is -4.70. The number of amides is 4. The van der Waals surface area contributed by atoms with Gasteiger partial charge in [-0.3, -0.25) is 19.8 Å². The minimum Gasteiger partial charge on any atom is -0.506 e. The molecular weight excluding hydrogens is 792 g/mol. The molecule has 3 fully saturated rings. The van der Waals surface area contributed by atoms with Crippen LogP contribution in [0.3, 0.4) is 0 Å². The molecule has 0 saturated carbocycles. The van der Waals surface area contributed by atoms with Crippen molar-refractivity contribution in [3.8, 4) is 5.75 Å². The maximum absolute atomic E-state index is 14.9. The molecular formula is C37H49ClN4O16. The first-order chi connectivity index (χ1) is 27.2. The van der Waals surface area contributed by atoms with Gasteiger partial charge < -0.3 is 64.6 Å². The number of halogens is 1. The van der Waals surface area contributed by atoms with E-state index in [0.29, 0.717) is 11.1 Å². The van der Waals surface area contributed by atoms with Crippen LogP contribution in [-0.2, 0) is 49.2 Å². The summed E-state index contributed by atoms with van der Waals surface area (Å²) in [6.07, 6.45) is -12.6. The maximum Gasteiger partial charge on any atom is 0.409 e. The van der Waals surface area contributed by atoms with Crippen LogP contribution in [0.2, 0.25) is 5.02 Å². The molecule has 4 aliphatic heterocycles. The van der Waals surface area contributed by atoms with E-state index in [4.69, 9.17) is 50.5 Å². The monoisotopic (exact) mass is 840 g/mol. The van der Waals surface area contributed by atoms with Gasteiger partial charge in [0.2, 0.25) is 5.91 Å². The summed E-state index contributed by atoms with van der Waals surface area (Å²) in [4.78, 5) is 65.0. The standard InChI is InChI=1S/C37H49ClN4O16/c1-16-8-7-9-24(52-6)37(51)14-22(55-35(50)41-37)17(2)31-36(4,58-31)25(56-34(49)40-5)13-26(45)42(20-11-19(10-16)12-21(44)27(20)38)32-29(47)28(46)30(57-33(39)48)23(54-32)15-53-18(3)43/h7-9,11-12,17,22-25,28-32,44,46-47,51H,10,13-15H2,1-6H3,(H2,39,48)(H,40,49)(H,41,50)/b9-7+,16-8+/t17-,22+,23-,24-,25+,28-,29-,30-,31+,32-,36+,37+/m1/s1. The summed E-state index contributed by atoms with van der Waals surface area (Å²) in [7, 11) is 2.65. The van der Waals surface area contributed by atoms with Crippen molar-refractivity contribution in [2.24, 2.45) is 11.7 Å². The highest BCUT2D eigenvalue weighted by Crippen LogP contribution is 2.49. The number of fused-ring (bicyclic) bond motifs is 5. The summed E-state index contributed by atoms with van der Waals surface area (Å²) in [5.74, 6) is -2.90. The number of methoxy groups -OCH3 is 1. The number of allylic oxidation sites excluding steroid dienone is 3. The van der Waals surface area contributed by atoms with Crippen LogP contribution in [0.1, 0.15) is 46.1 Å². The molecule has 1 aromatic rings. The lowest BCUT2D eigenvalue weighted by Crippen LogP contribution is -2.65. The normalized spacial score (nSPS) is 36.8. The fraction of sp³-hybridized carbons (Fsp3) is 0.595. The van der Waals surface area contributed by atoms with Gasteiger partial charge in [-0.1, -0.05) is 42.3 Å². The number of primary amides is 1. The molecule has 0 unspecified atom stereocenters. The van der Waals surface area contributed by atoms with Crippen molar-refractivity contribution in [2.75, 3.05) is 25.7 Å². The third-order valence-electron chi connectivity index (χ3n) is 10.6. The molecule has 0 spiro atoms. The Balaban J connectivity index is 1.67. The molecule has 5 rings (SSSR count).